The van der Waals surface area contributed by atoms with Gasteiger partial charge in [0.05, 0.1) is 5.60 Å². The highest BCUT2D eigenvalue weighted by Gasteiger charge is 2.09. The third-order valence-electron chi connectivity index (χ3n) is 1.24. The lowest BCUT2D eigenvalue weighted by molar-refractivity contribution is -0.121. The predicted molar refractivity (Wildman–Crippen MR) is 47.3 cm³/mol. The van der Waals surface area contributed by atoms with Crippen molar-refractivity contribution < 1.29 is 9.53 Å². The number of hydrogen-bond acceptors (Lipinski definition) is 3. The first kappa shape index (κ1) is 11.4. The van der Waals surface area contributed by atoms with Crippen molar-refractivity contribution in [1.29, 1.82) is 0 Å². The van der Waals surface area contributed by atoms with E-state index in [1.54, 1.807) is 0 Å². The molecule has 0 radical (unpaired) electrons. The minimum atomic E-state index is -0.146. The Kier molecular flexibility index (Phi) is 4.85. The maximum atomic E-state index is 10.6. The second-order valence-corrected chi connectivity index (χ2v) is 3.63. The molecular weight excluding hydrogens is 156 g/mol. The molecule has 1 amide bonds. The SMILES string of the molecule is CC(C)(C)OCCCC(=O)NN. The molecule has 0 unspecified atom stereocenters. The number of nitrogens with one attached hydrogen (secondary N) is 1. The highest BCUT2D eigenvalue weighted by Crippen LogP contribution is 2.07. The quantitative estimate of drug-likeness (QED) is 0.283. The van der Waals surface area contributed by atoms with Gasteiger partial charge < -0.3 is 4.74 Å². The van der Waals surface area contributed by atoms with E-state index in [0.29, 0.717) is 19.4 Å². The van der Waals surface area contributed by atoms with Crippen molar-refractivity contribution in [2.24, 2.45) is 5.84 Å². The minimum absolute atomic E-state index is 0.126. The largest absolute Gasteiger partial charge is 0.376 e. The average molecular weight is 174 g/mol. The van der Waals surface area contributed by atoms with Crippen molar-refractivity contribution in [1.82, 2.24) is 5.43 Å². The van der Waals surface area contributed by atoms with E-state index in [9.17, 15) is 4.79 Å². The first-order valence-corrected chi connectivity index (χ1v) is 4.09. The zero-order valence-corrected chi connectivity index (χ0v) is 8.02. The van der Waals surface area contributed by atoms with Crippen LogP contribution >= 0.6 is 0 Å². The monoisotopic (exact) mass is 174 g/mol. The van der Waals surface area contributed by atoms with Gasteiger partial charge in [0.15, 0.2) is 0 Å². The topological polar surface area (TPSA) is 64.3 Å². The number of nitrogens with two attached hydrogens (primary N) is 1. The summed E-state index contributed by atoms with van der Waals surface area (Å²) in [5.74, 6) is 4.75. The number of hydrazine groups is 1. The zero-order chi connectivity index (χ0) is 9.61. The Morgan fingerprint density at radius 1 is 1.50 bits per heavy atom. The van der Waals surface area contributed by atoms with Gasteiger partial charge in [-0.3, -0.25) is 10.2 Å². The summed E-state index contributed by atoms with van der Waals surface area (Å²) in [4.78, 5) is 10.6. The van der Waals surface area contributed by atoms with Gasteiger partial charge in [0.25, 0.3) is 0 Å². The number of rotatable bonds is 4. The Bertz CT molecular complexity index is 140. The summed E-state index contributed by atoms with van der Waals surface area (Å²) >= 11 is 0. The normalized spacial score (nSPS) is 11.3. The molecule has 0 aliphatic rings. The van der Waals surface area contributed by atoms with Crippen LogP contribution in [0.1, 0.15) is 33.6 Å². The molecule has 0 aromatic carbocycles. The van der Waals surface area contributed by atoms with Crippen LogP contribution in [0.15, 0.2) is 0 Å². The van der Waals surface area contributed by atoms with Crippen LogP contribution in [0, 0.1) is 0 Å². The van der Waals surface area contributed by atoms with Gasteiger partial charge in [-0.05, 0) is 27.2 Å². The van der Waals surface area contributed by atoms with Crippen LogP contribution in [-0.4, -0.2) is 18.1 Å². The summed E-state index contributed by atoms with van der Waals surface area (Å²) in [6.07, 6.45) is 1.13. The smallest absolute Gasteiger partial charge is 0.233 e. The summed E-state index contributed by atoms with van der Waals surface area (Å²) in [5, 5.41) is 0. The Labute approximate surface area is 73.4 Å². The second kappa shape index (κ2) is 5.11. The molecule has 0 heterocycles. The van der Waals surface area contributed by atoms with Crippen molar-refractivity contribution >= 4 is 5.91 Å². The predicted octanol–water partition coefficient (Wildman–Crippen LogP) is 0.572. The Hall–Kier alpha value is -0.610. The standard InChI is InChI=1S/C8H18N2O2/c1-8(2,3)12-6-4-5-7(11)10-9/h4-6,9H2,1-3H3,(H,10,11). The van der Waals surface area contributed by atoms with E-state index in [-0.39, 0.29) is 11.5 Å². The summed E-state index contributed by atoms with van der Waals surface area (Å²) in [6, 6.07) is 0. The molecule has 12 heavy (non-hydrogen) atoms. The first-order chi connectivity index (χ1) is 5.45. The van der Waals surface area contributed by atoms with Crippen molar-refractivity contribution in [2.75, 3.05) is 6.61 Å². The molecule has 72 valence electrons. The van der Waals surface area contributed by atoms with Crippen LogP contribution in [0.3, 0.4) is 0 Å². The van der Waals surface area contributed by atoms with Gasteiger partial charge in [0.1, 0.15) is 0 Å². The molecule has 0 saturated heterocycles. The van der Waals surface area contributed by atoms with Crippen LogP contribution in [0.5, 0.6) is 0 Å². The minimum Gasteiger partial charge on any atom is -0.376 e. The molecule has 0 fully saturated rings. The fraction of sp³-hybridized carbons (Fsp3) is 0.875. The van der Waals surface area contributed by atoms with Crippen LogP contribution in [0.25, 0.3) is 0 Å². The third-order valence-corrected chi connectivity index (χ3v) is 1.24. The van der Waals surface area contributed by atoms with Crippen molar-refractivity contribution in [2.45, 2.75) is 39.2 Å². The van der Waals surface area contributed by atoms with Crippen LogP contribution in [0.2, 0.25) is 0 Å². The van der Waals surface area contributed by atoms with Crippen LogP contribution < -0.4 is 11.3 Å². The van der Waals surface area contributed by atoms with Crippen LogP contribution in [0.4, 0.5) is 0 Å². The second-order valence-electron chi connectivity index (χ2n) is 3.63. The van der Waals surface area contributed by atoms with Crippen molar-refractivity contribution in [3.63, 3.8) is 0 Å². The molecule has 0 aromatic heterocycles. The van der Waals surface area contributed by atoms with Gasteiger partial charge in [-0.25, -0.2) is 5.84 Å². The van der Waals surface area contributed by atoms with E-state index in [0.717, 1.165) is 0 Å². The molecule has 0 aliphatic heterocycles. The number of hydrogen-bond donors (Lipinski definition) is 2. The van der Waals surface area contributed by atoms with E-state index < -0.39 is 0 Å². The maximum Gasteiger partial charge on any atom is 0.233 e. The molecule has 4 heteroatoms. The average Bonchev–Trinajstić information content (AvgIpc) is 1.96. The molecular formula is C8H18N2O2. The van der Waals surface area contributed by atoms with Gasteiger partial charge in [-0.2, -0.15) is 0 Å². The lowest BCUT2D eigenvalue weighted by Crippen LogP contribution is -2.30. The lowest BCUT2D eigenvalue weighted by atomic mass is 10.2. The number of carbonyl (C=O) groups excluding carboxylic acids is 1. The highest BCUT2D eigenvalue weighted by molar-refractivity contribution is 5.75. The first-order valence-electron chi connectivity index (χ1n) is 4.09. The van der Waals surface area contributed by atoms with Gasteiger partial charge in [-0.15, -0.1) is 0 Å². The van der Waals surface area contributed by atoms with E-state index in [2.05, 4.69) is 5.43 Å². The lowest BCUT2D eigenvalue weighted by Gasteiger charge is -2.19. The zero-order valence-electron chi connectivity index (χ0n) is 8.02. The molecule has 0 saturated carbocycles. The fourth-order valence-corrected chi connectivity index (χ4v) is 0.683. The molecule has 0 rings (SSSR count). The Morgan fingerprint density at radius 2 is 2.08 bits per heavy atom. The van der Waals surface area contributed by atoms with Crippen LogP contribution in [-0.2, 0) is 9.53 Å². The van der Waals surface area contributed by atoms with Crippen molar-refractivity contribution in [3.8, 4) is 0 Å². The van der Waals surface area contributed by atoms with Gasteiger partial charge in [0, 0.05) is 13.0 Å². The van der Waals surface area contributed by atoms with Gasteiger partial charge in [-0.1, -0.05) is 0 Å². The Morgan fingerprint density at radius 3 is 2.50 bits per heavy atom. The third kappa shape index (κ3) is 7.50. The van der Waals surface area contributed by atoms with Gasteiger partial charge >= 0.3 is 0 Å². The summed E-state index contributed by atoms with van der Waals surface area (Å²) in [7, 11) is 0. The molecule has 0 spiro atoms. The summed E-state index contributed by atoms with van der Waals surface area (Å²) in [6.45, 7) is 6.54. The van der Waals surface area contributed by atoms with E-state index >= 15 is 0 Å². The molecule has 4 nitrogen and oxygen atoms in total. The molecule has 0 atom stereocenters. The Balaban J connectivity index is 3.28. The van der Waals surface area contributed by atoms with E-state index in [4.69, 9.17) is 10.6 Å². The fourth-order valence-electron chi connectivity index (χ4n) is 0.683. The number of amides is 1. The molecule has 0 bridgehead atoms. The molecule has 3 N–H and O–H groups in total. The summed E-state index contributed by atoms with van der Waals surface area (Å²) in [5.41, 5.74) is 1.94. The van der Waals surface area contributed by atoms with E-state index in [1.165, 1.54) is 0 Å². The highest BCUT2D eigenvalue weighted by atomic mass is 16.5. The molecule has 0 aromatic rings. The number of carbonyl (C=O) groups is 1. The van der Waals surface area contributed by atoms with Crippen molar-refractivity contribution in [3.05, 3.63) is 0 Å². The van der Waals surface area contributed by atoms with Gasteiger partial charge in [0.2, 0.25) is 5.91 Å². The maximum absolute atomic E-state index is 10.6. The molecule has 0 aliphatic carbocycles. The summed E-state index contributed by atoms with van der Waals surface area (Å²) < 4.78 is 5.40. The number of ether oxygens (including phenoxy) is 1. The van der Waals surface area contributed by atoms with E-state index in [1.807, 2.05) is 20.8 Å².